The first-order valence-corrected chi connectivity index (χ1v) is 8.18. The molecule has 3 heterocycles. The highest BCUT2D eigenvalue weighted by Gasteiger charge is 2.30. The van der Waals surface area contributed by atoms with Crippen molar-refractivity contribution in [1.82, 2.24) is 18.7 Å². The quantitative estimate of drug-likeness (QED) is 0.781. The Bertz CT molecular complexity index is 980. The molecule has 0 radical (unpaired) electrons. The Morgan fingerprint density at radius 3 is 2.72 bits per heavy atom. The fourth-order valence-corrected chi connectivity index (χ4v) is 3.04. The average Bonchev–Trinajstić information content (AvgIpc) is 3.00. The third-order valence-electron chi connectivity index (χ3n) is 4.50. The standard InChI is InChI=1S/C16H22N6O3/c1-5-7-20-14(24)12-13(19(4)16(20)25)17-15-21(8-6-9-23)18-10(2)11(3)22(12)15/h5,11,23H,1,6-9H2,2-4H3/t11-/m0/s1. The number of hydrazone groups is 1. The van der Waals surface area contributed by atoms with Crippen molar-refractivity contribution < 1.29 is 5.11 Å². The van der Waals surface area contributed by atoms with Gasteiger partial charge in [0, 0.05) is 26.7 Å². The predicted octanol–water partition coefficient (Wildman–Crippen LogP) is 0.222. The van der Waals surface area contributed by atoms with E-state index in [0.717, 1.165) is 10.3 Å². The molecule has 2 aromatic heterocycles. The molecule has 0 aromatic carbocycles. The lowest BCUT2D eigenvalue weighted by Gasteiger charge is -2.29. The number of fused-ring (bicyclic) bond motifs is 3. The zero-order chi connectivity index (χ0) is 18.3. The van der Waals surface area contributed by atoms with Crippen LogP contribution in [0.2, 0.25) is 0 Å². The Balaban J connectivity index is 2.35. The summed E-state index contributed by atoms with van der Waals surface area (Å²) in [6, 6.07) is -0.159. The first-order chi connectivity index (χ1) is 11.9. The molecule has 25 heavy (non-hydrogen) atoms. The summed E-state index contributed by atoms with van der Waals surface area (Å²) in [6.45, 7) is 8.08. The third kappa shape index (κ3) is 2.51. The molecule has 0 aliphatic carbocycles. The summed E-state index contributed by atoms with van der Waals surface area (Å²) in [7, 11) is 1.60. The zero-order valence-electron chi connectivity index (χ0n) is 14.6. The normalized spacial score (nSPS) is 16.9. The van der Waals surface area contributed by atoms with Gasteiger partial charge in [-0.05, 0) is 20.3 Å². The third-order valence-corrected chi connectivity index (χ3v) is 4.50. The molecule has 2 aromatic rings. The first kappa shape index (κ1) is 17.2. The molecule has 1 aliphatic rings. The van der Waals surface area contributed by atoms with Crippen LogP contribution in [0.15, 0.2) is 27.3 Å². The molecule has 9 heteroatoms. The second-order valence-electron chi connectivity index (χ2n) is 6.12. The zero-order valence-corrected chi connectivity index (χ0v) is 14.6. The number of aromatic nitrogens is 4. The van der Waals surface area contributed by atoms with Crippen molar-refractivity contribution in [3.05, 3.63) is 33.5 Å². The molecule has 1 N–H and O–H groups in total. The van der Waals surface area contributed by atoms with Crippen molar-refractivity contribution in [2.24, 2.45) is 12.1 Å². The van der Waals surface area contributed by atoms with Gasteiger partial charge in [-0.3, -0.25) is 18.5 Å². The van der Waals surface area contributed by atoms with Crippen LogP contribution in [-0.4, -0.2) is 42.7 Å². The highest BCUT2D eigenvalue weighted by molar-refractivity contribution is 5.91. The van der Waals surface area contributed by atoms with Gasteiger partial charge < -0.3 is 5.11 Å². The van der Waals surface area contributed by atoms with E-state index in [-0.39, 0.29) is 24.8 Å². The van der Waals surface area contributed by atoms with E-state index in [1.165, 1.54) is 10.6 Å². The van der Waals surface area contributed by atoms with E-state index in [1.807, 2.05) is 18.4 Å². The lowest BCUT2D eigenvalue weighted by molar-refractivity contribution is 0.289. The number of hydrogen-bond donors (Lipinski definition) is 1. The van der Waals surface area contributed by atoms with Gasteiger partial charge in [0.05, 0.1) is 11.8 Å². The molecule has 9 nitrogen and oxygen atoms in total. The molecule has 0 saturated carbocycles. The molecule has 3 rings (SSSR count). The molecule has 0 amide bonds. The molecule has 1 aliphatic heterocycles. The van der Waals surface area contributed by atoms with Gasteiger partial charge in [0.2, 0.25) is 5.95 Å². The number of rotatable bonds is 5. The number of aryl methyl sites for hydroxylation is 1. The molecule has 0 spiro atoms. The molecule has 0 saturated heterocycles. The highest BCUT2D eigenvalue weighted by Crippen LogP contribution is 2.29. The minimum absolute atomic E-state index is 0.0332. The van der Waals surface area contributed by atoms with E-state index >= 15 is 0 Å². The van der Waals surface area contributed by atoms with E-state index in [1.54, 1.807) is 12.1 Å². The van der Waals surface area contributed by atoms with Crippen molar-refractivity contribution in [3.63, 3.8) is 0 Å². The van der Waals surface area contributed by atoms with Crippen LogP contribution in [0.3, 0.4) is 0 Å². The molecule has 1 atom stereocenters. The highest BCUT2D eigenvalue weighted by atomic mass is 16.3. The number of imidazole rings is 1. The number of hydrogen-bond acceptors (Lipinski definition) is 6. The molecule has 0 fully saturated rings. The fraction of sp³-hybridized carbons (Fsp3) is 0.500. The van der Waals surface area contributed by atoms with Gasteiger partial charge in [0.25, 0.3) is 5.56 Å². The maximum Gasteiger partial charge on any atom is 0.332 e. The molecular formula is C16H22N6O3. The van der Waals surface area contributed by atoms with Gasteiger partial charge in [0.15, 0.2) is 11.2 Å². The lowest BCUT2D eigenvalue weighted by atomic mass is 10.2. The van der Waals surface area contributed by atoms with Gasteiger partial charge in [-0.15, -0.1) is 6.58 Å². The molecule has 0 bridgehead atoms. The molecule has 0 unspecified atom stereocenters. The number of anilines is 1. The van der Waals surface area contributed by atoms with E-state index in [9.17, 15) is 9.59 Å². The Morgan fingerprint density at radius 2 is 2.08 bits per heavy atom. The maximum atomic E-state index is 12.9. The average molecular weight is 346 g/mol. The van der Waals surface area contributed by atoms with Crippen LogP contribution in [0.25, 0.3) is 11.2 Å². The Kier molecular flexibility index (Phi) is 4.34. The summed E-state index contributed by atoms with van der Waals surface area (Å²) < 4.78 is 4.34. The summed E-state index contributed by atoms with van der Waals surface area (Å²) in [5.41, 5.74) is 0.708. The number of aliphatic hydroxyl groups is 1. The summed E-state index contributed by atoms with van der Waals surface area (Å²) in [5.74, 6) is 0.505. The Hall–Kier alpha value is -2.68. The SMILES string of the molecule is C=CCn1c(=O)c2c(nc3n2[C@@H](C)C(C)=NN3CCCO)n(C)c1=O. The van der Waals surface area contributed by atoms with Crippen molar-refractivity contribution in [2.45, 2.75) is 32.9 Å². The maximum absolute atomic E-state index is 12.9. The van der Waals surface area contributed by atoms with Gasteiger partial charge in [-0.2, -0.15) is 10.1 Å². The van der Waals surface area contributed by atoms with Crippen LogP contribution in [0, 0.1) is 0 Å². The van der Waals surface area contributed by atoms with Gasteiger partial charge >= 0.3 is 5.69 Å². The second-order valence-corrected chi connectivity index (χ2v) is 6.12. The largest absolute Gasteiger partial charge is 0.396 e. The van der Waals surface area contributed by atoms with Crippen LogP contribution in [0.1, 0.15) is 26.3 Å². The van der Waals surface area contributed by atoms with Crippen LogP contribution in [0.4, 0.5) is 5.95 Å². The summed E-state index contributed by atoms with van der Waals surface area (Å²) >= 11 is 0. The van der Waals surface area contributed by atoms with E-state index in [4.69, 9.17) is 5.11 Å². The number of nitrogens with zero attached hydrogens (tertiary/aromatic N) is 6. The van der Waals surface area contributed by atoms with Gasteiger partial charge in [-0.25, -0.2) is 9.80 Å². The van der Waals surface area contributed by atoms with E-state index < -0.39 is 5.69 Å². The van der Waals surface area contributed by atoms with Crippen molar-refractivity contribution in [1.29, 1.82) is 0 Å². The summed E-state index contributed by atoms with van der Waals surface area (Å²) in [5, 5.41) is 15.3. The van der Waals surface area contributed by atoms with Crippen LogP contribution in [0.5, 0.6) is 0 Å². The van der Waals surface area contributed by atoms with Gasteiger partial charge in [0.1, 0.15) is 0 Å². The Morgan fingerprint density at radius 1 is 1.36 bits per heavy atom. The smallest absolute Gasteiger partial charge is 0.332 e. The summed E-state index contributed by atoms with van der Waals surface area (Å²) in [4.78, 5) is 29.9. The lowest BCUT2D eigenvalue weighted by Crippen LogP contribution is -2.40. The topological polar surface area (TPSA) is 97.7 Å². The van der Waals surface area contributed by atoms with Crippen LogP contribution in [-0.2, 0) is 13.6 Å². The van der Waals surface area contributed by atoms with E-state index in [0.29, 0.717) is 30.1 Å². The van der Waals surface area contributed by atoms with Gasteiger partial charge in [-0.1, -0.05) is 6.08 Å². The van der Waals surface area contributed by atoms with Crippen LogP contribution >= 0.6 is 0 Å². The molecule has 134 valence electrons. The van der Waals surface area contributed by atoms with E-state index in [2.05, 4.69) is 16.7 Å². The fourth-order valence-electron chi connectivity index (χ4n) is 3.04. The van der Waals surface area contributed by atoms with Crippen LogP contribution < -0.4 is 16.3 Å². The van der Waals surface area contributed by atoms with Crippen molar-refractivity contribution in [3.8, 4) is 0 Å². The summed E-state index contributed by atoms with van der Waals surface area (Å²) in [6.07, 6.45) is 2.04. The van der Waals surface area contributed by atoms with Crippen molar-refractivity contribution in [2.75, 3.05) is 18.2 Å². The molecular weight excluding hydrogens is 324 g/mol. The first-order valence-electron chi connectivity index (χ1n) is 8.18. The second kappa shape index (κ2) is 6.32. The monoisotopic (exact) mass is 346 g/mol. The number of aliphatic hydroxyl groups excluding tert-OH is 1. The minimum atomic E-state index is -0.431. The minimum Gasteiger partial charge on any atom is -0.396 e. The van der Waals surface area contributed by atoms with Crippen molar-refractivity contribution >= 4 is 22.8 Å². The number of allylic oxidation sites excluding steroid dienone is 1. The predicted molar refractivity (Wildman–Crippen MR) is 96.3 cm³/mol. The Labute approximate surface area is 144 Å².